The molecule has 0 saturated heterocycles. The topological polar surface area (TPSA) is 61.6 Å². The summed E-state index contributed by atoms with van der Waals surface area (Å²) in [5, 5.41) is 11.2. The number of nitro groups is 1. The van der Waals surface area contributed by atoms with E-state index in [1.165, 1.54) is 0 Å². The van der Waals surface area contributed by atoms with Crippen molar-refractivity contribution in [1.29, 1.82) is 0 Å². The number of nitrogens with zero attached hydrogens (tertiary/aromatic N) is 1. The highest BCUT2D eigenvalue weighted by molar-refractivity contribution is 6.75. The van der Waals surface area contributed by atoms with Gasteiger partial charge in [-0.3, -0.25) is 10.1 Å². The maximum atomic E-state index is 11.2. The molecule has 0 aromatic heterocycles. The third kappa shape index (κ3) is 4.64. The highest BCUT2D eigenvalue weighted by Crippen LogP contribution is 2.31. The molecule has 0 unspecified atom stereocenters. The lowest BCUT2D eigenvalue weighted by molar-refractivity contribution is -0.386. The molecule has 0 atom stereocenters. The van der Waals surface area contributed by atoms with E-state index in [9.17, 15) is 10.1 Å². The first-order valence-corrected chi connectivity index (χ1v) is 9.85. The van der Waals surface area contributed by atoms with Gasteiger partial charge >= 0.3 is 0 Å². The van der Waals surface area contributed by atoms with Gasteiger partial charge in [-0.1, -0.05) is 19.6 Å². The van der Waals surface area contributed by atoms with Crippen LogP contribution >= 0.6 is 0 Å². The van der Waals surface area contributed by atoms with Crippen molar-refractivity contribution in [2.75, 3.05) is 13.9 Å². The Kier molecular flexibility index (Phi) is 5.08. The molecule has 0 N–H and O–H groups in total. The van der Waals surface area contributed by atoms with Crippen LogP contribution in [0.3, 0.4) is 0 Å². The van der Waals surface area contributed by atoms with Crippen LogP contribution in [0.15, 0.2) is 12.1 Å². The summed E-state index contributed by atoms with van der Waals surface area (Å²) in [5.74, 6) is 0.623. The third-order valence-electron chi connectivity index (χ3n) is 2.60. The average Bonchev–Trinajstić information content (AvgIpc) is 2.22. The normalized spacial score (nSPS) is 11.4. The maximum Gasteiger partial charge on any atom is 0.275 e. The maximum absolute atomic E-state index is 11.2. The summed E-state index contributed by atoms with van der Waals surface area (Å²) in [6.07, 6.45) is 0. The molecule has 0 heterocycles. The molecule has 6 heteroatoms. The van der Waals surface area contributed by atoms with E-state index in [0.717, 1.165) is 11.6 Å². The number of benzene rings is 1. The van der Waals surface area contributed by atoms with Crippen molar-refractivity contribution in [2.45, 2.75) is 32.6 Å². The molecule has 1 rings (SSSR count). The first-order chi connectivity index (χ1) is 8.74. The molecule has 1 aromatic rings. The van der Waals surface area contributed by atoms with Crippen molar-refractivity contribution < 1.29 is 14.4 Å². The molecule has 0 saturated carbocycles. The highest BCUT2D eigenvalue weighted by atomic mass is 28.3. The summed E-state index contributed by atoms with van der Waals surface area (Å²) in [6.45, 7) is 8.45. The molecule has 1 aromatic carbocycles. The minimum atomic E-state index is -1.44. The molecule has 19 heavy (non-hydrogen) atoms. The molecule has 0 radical (unpaired) electrons. The van der Waals surface area contributed by atoms with Gasteiger partial charge in [-0.2, -0.15) is 0 Å². The van der Waals surface area contributed by atoms with Gasteiger partial charge in [0.2, 0.25) is 0 Å². The van der Waals surface area contributed by atoms with Crippen LogP contribution in [0.5, 0.6) is 5.75 Å². The van der Waals surface area contributed by atoms with Crippen molar-refractivity contribution in [3.05, 3.63) is 33.4 Å². The zero-order valence-corrected chi connectivity index (χ0v) is 13.1. The largest absolute Gasteiger partial charge is 0.468 e. The Balaban J connectivity index is 3.21. The van der Waals surface area contributed by atoms with Crippen LogP contribution in [0.4, 0.5) is 5.69 Å². The van der Waals surface area contributed by atoms with E-state index in [4.69, 9.17) is 9.47 Å². The fourth-order valence-electron chi connectivity index (χ4n) is 1.99. The summed E-state index contributed by atoms with van der Waals surface area (Å²) in [5.41, 5.74) is 1.61. The van der Waals surface area contributed by atoms with E-state index in [1.54, 1.807) is 26.2 Å². The number of nitro benzene ring substituents is 1. The lowest BCUT2D eigenvalue weighted by atomic mass is 10.1. The van der Waals surface area contributed by atoms with Gasteiger partial charge in [0, 0.05) is 26.3 Å². The van der Waals surface area contributed by atoms with Crippen molar-refractivity contribution in [1.82, 2.24) is 0 Å². The van der Waals surface area contributed by atoms with E-state index < -0.39 is 8.07 Å². The van der Waals surface area contributed by atoms with Gasteiger partial charge < -0.3 is 9.47 Å². The minimum Gasteiger partial charge on any atom is -0.468 e. The molecule has 0 aliphatic carbocycles. The summed E-state index contributed by atoms with van der Waals surface area (Å²) in [4.78, 5) is 10.9. The summed E-state index contributed by atoms with van der Waals surface area (Å²) < 4.78 is 10.3. The fraction of sp³-hybridized carbons (Fsp3) is 0.538. The lowest BCUT2D eigenvalue weighted by Gasteiger charge is -2.17. The van der Waals surface area contributed by atoms with Crippen LogP contribution in [-0.2, 0) is 10.8 Å². The Morgan fingerprint density at radius 3 is 2.42 bits per heavy atom. The average molecular weight is 283 g/mol. The van der Waals surface area contributed by atoms with Crippen molar-refractivity contribution in [3.8, 4) is 5.75 Å². The van der Waals surface area contributed by atoms with Gasteiger partial charge in [0.1, 0.15) is 5.75 Å². The first kappa shape index (κ1) is 15.7. The van der Waals surface area contributed by atoms with Gasteiger partial charge in [-0.25, -0.2) is 0 Å². The Morgan fingerprint density at radius 2 is 1.95 bits per heavy atom. The SMILES string of the molecule is COCOc1cc(C)c([N+](=O)[O-])c(C[Si](C)(C)C)c1. The Hall–Kier alpha value is -1.40. The summed E-state index contributed by atoms with van der Waals surface area (Å²) >= 11 is 0. The number of rotatable bonds is 6. The summed E-state index contributed by atoms with van der Waals surface area (Å²) in [7, 11) is 0.0992. The van der Waals surface area contributed by atoms with Crippen LogP contribution in [0.1, 0.15) is 11.1 Å². The summed E-state index contributed by atoms with van der Waals surface area (Å²) in [6, 6.07) is 4.21. The second kappa shape index (κ2) is 6.16. The Bertz CT molecular complexity index is 468. The number of ether oxygens (including phenoxy) is 2. The molecular formula is C13H21NO4Si. The van der Waals surface area contributed by atoms with Crippen LogP contribution < -0.4 is 4.74 Å². The fourth-order valence-corrected chi connectivity index (χ4v) is 3.41. The minimum absolute atomic E-state index is 0.142. The van der Waals surface area contributed by atoms with E-state index in [-0.39, 0.29) is 17.4 Å². The number of hydrogen-bond acceptors (Lipinski definition) is 4. The Morgan fingerprint density at radius 1 is 1.32 bits per heavy atom. The predicted octanol–water partition coefficient (Wildman–Crippen LogP) is 3.31. The van der Waals surface area contributed by atoms with Crippen LogP contribution in [0, 0.1) is 17.0 Å². The number of aryl methyl sites for hydroxylation is 1. The molecule has 0 spiro atoms. The smallest absolute Gasteiger partial charge is 0.275 e. The van der Waals surface area contributed by atoms with E-state index in [1.807, 2.05) is 0 Å². The highest BCUT2D eigenvalue weighted by Gasteiger charge is 2.24. The quantitative estimate of drug-likeness (QED) is 0.348. The van der Waals surface area contributed by atoms with Gasteiger partial charge in [0.05, 0.1) is 4.92 Å². The predicted molar refractivity (Wildman–Crippen MR) is 77.4 cm³/mol. The zero-order valence-electron chi connectivity index (χ0n) is 12.1. The molecule has 5 nitrogen and oxygen atoms in total. The molecule has 0 fully saturated rings. The molecule has 0 amide bonds. The standard InChI is InChI=1S/C13H21NO4Si/c1-10-6-12(18-9-17-2)7-11(8-19(3,4)5)13(10)14(15)16/h6-7H,8-9H2,1-5H3. The van der Waals surface area contributed by atoms with Gasteiger partial charge in [-0.15, -0.1) is 0 Å². The molecule has 106 valence electrons. The molecular weight excluding hydrogens is 262 g/mol. The molecule has 0 aliphatic heterocycles. The third-order valence-corrected chi connectivity index (χ3v) is 4.04. The van der Waals surface area contributed by atoms with Gasteiger partial charge in [-0.05, 0) is 25.1 Å². The van der Waals surface area contributed by atoms with Crippen LogP contribution in [-0.4, -0.2) is 26.9 Å². The van der Waals surface area contributed by atoms with Gasteiger partial charge in [0.15, 0.2) is 6.79 Å². The van der Waals surface area contributed by atoms with Crippen molar-refractivity contribution >= 4 is 13.8 Å². The van der Waals surface area contributed by atoms with Crippen LogP contribution in [0.2, 0.25) is 19.6 Å². The van der Waals surface area contributed by atoms with E-state index in [0.29, 0.717) is 11.3 Å². The number of hydrogen-bond donors (Lipinski definition) is 0. The van der Waals surface area contributed by atoms with E-state index in [2.05, 4.69) is 19.6 Å². The Labute approximate surface area is 114 Å². The van der Waals surface area contributed by atoms with E-state index >= 15 is 0 Å². The van der Waals surface area contributed by atoms with Crippen LogP contribution in [0.25, 0.3) is 0 Å². The van der Waals surface area contributed by atoms with Crippen molar-refractivity contribution in [2.24, 2.45) is 0 Å². The zero-order chi connectivity index (χ0) is 14.6. The van der Waals surface area contributed by atoms with Crippen molar-refractivity contribution in [3.63, 3.8) is 0 Å². The molecule has 0 aliphatic rings. The first-order valence-electron chi connectivity index (χ1n) is 6.14. The number of methoxy groups -OCH3 is 1. The van der Waals surface area contributed by atoms with Gasteiger partial charge in [0.25, 0.3) is 5.69 Å². The second-order valence-electron chi connectivity index (χ2n) is 5.79. The monoisotopic (exact) mass is 283 g/mol. The molecule has 0 bridgehead atoms. The second-order valence-corrected chi connectivity index (χ2v) is 11.3. The lowest BCUT2D eigenvalue weighted by Crippen LogP contribution is -2.24.